The third-order valence-electron chi connectivity index (χ3n) is 2.22. The van der Waals surface area contributed by atoms with Gasteiger partial charge in [0.05, 0.1) is 17.7 Å². The predicted molar refractivity (Wildman–Crippen MR) is 60.1 cm³/mol. The van der Waals surface area contributed by atoms with E-state index in [1.807, 2.05) is 25.1 Å². The molecule has 4 heteroatoms. The predicted octanol–water partition coefficient (Wildman–Crippen LogP) is 2.51. The quantitative estimate of drug-likeness (QED) is 0.847. The highest BCUT2D eigenvalue weighted by atomic mass is 79.9. The third-order valence-corrected chi connectivity index (χ3v) is 3.24. The second-order valence-corrected chi connectivity index (χ2v) is 4.16. The molecule has 3 nitrogen and oxygen atoms in total. The molecule has 0 atom stereocenters. The van der Waals surface area contributed by atoms with E-state index in [4.69, 9.17) is 14.2 Å². The first-order valence-electron chi connectivity index (χ1n) is 4.88. The number of ether oxygens (including phenoxy) is 3. The minimum atomic E-state index is -0.225. The van der Waals surface area contributed by atoms with Crippen molar-refractivity contribution in [1.82, 2.24) is 0 Å². The van der Waals surface area contributed by atoms with Crippen LogP contribution < -0.4 is 4.74 Å². The van der Waals surface area contributed by atoms with Crippen molar-refractivity contribution in [2.24, 2.45) is 0 Å². The van der Waals surface area contributed by atoms with Crippen molar-refractivity contribution in [3.05, 3.63) is 28.2 Å². The summed E-state index contributed by atoms with van der Waals surface area (Å²) in [6, 6.07) is 5.91. The van der Waals surface area contributed by atoms with E-state index in [9.17, 15) is 0 Å². The molecule has 0 saturated carbocycles. The fourth-order valence-corrected chi connectivity index (χ4v) is 1.77. The first-order valence-corrected chi connectivity index (χ1v) is 5.68. The normalized spacial score (nSPS) is 16.9. The molecule has 1 aromatic carbocycles. The second-order valence-electron chi connectivity index (χ2n) is 3.37. The fourth-order valence-electron chi connectivity index (χ4n) is 1.39. The molecule has 1 aromatic rings. The van der Waals surface area contributed by atoms with Crippen molar-refractivity contribution in [3.63, 3.8) is 0 Å². The Morgan fingerprint density at radius 1 is 1.40 bits per heavy atom. The summed E-state index contributed by atoms with van der Waals surface area (Å²) in [5.74, 6) is 0.828. The van der Waals surface area contributed by atoms with Crippen LogP contribution in [0.4, 0.5) is 0 Å². The van der Waals surface area contributed by atoms with Crippen LogP contribution in [-0.2, 0) is 9.47 Å². The Morgan fingerprint density at radius 2 is 2.13 bits per heavy atom. The highest BCUT2D eigenvalue weighted by Gasteiger charge is 2.17. The van der Waals surface area contributed by atoms with Crippen molar-refractivity contribution in [3.8, 4) is 5.75 Å². The van der Waals surface area contributed by atoms with Crippen LogP contribution in [0.1, 0.15) is 5.56 Å². The van der Waals surface area contributed by atoms with Crippen molar-refractivity contribution < 1.29 is 14.2 Å². The van der Waals surface area contributed by atoms with Gasteiger partial charge in [-0.1, -0.05) is 12.1 Å². The average molecular weight is 273 g/mol. The second kappa shape index (κ2) is 4.96. The lowest BCUT2D eigenvalue weighted by atomic mass is 10.2. The zero-order chi connectivity index (χ0) is 10.7. The fraction of sp³-hybridized carbons (Fsp3) is 0.455. The minimum absolute atomic E-state index is 0.225. The number of hydrogen-bond acceptors (Lipinski definition) is 3. The number of rotatable bonds is 3. The van der Waals surface area contributed by atoms with E-state index < -0.39 is 0 Å². The van der Waals surface area contributed by atoms with Crippen molar-refractivity contribution in [2.75, 3.05) is 19.8 Å². The molecule has 0 unspecified atom stereocenters. The summed E-state index contributed by atoms with van der Waals surface area (Å²) >= 11 is 3.48. The van der Waals surface area contributed by atoms with Gasteiger partial charge >= 0.3 is 0 Å². The first-order chi connectivity index (χ1) is 7.27. The zero-order valence-electron chi connectivity index (χ0n) is 8.53. The Kier molecular flexibility index (Phi) is 3.61. The highest BCUT2D eigenvalue weighted by Crippen LogP contribution is 2.28. The van der Waals surface area contributed by atoms with Crippen LogP contribution in [0.2, 0.25) is 0 Å². The molecule has 1 aliphatic rings. The molecule has 0 aliphatic carbocycles. The van der Waals surface area contributed by atoms with Crippen molar-refractivity contribution >= 4 is 15.9 Å². The van der Waals surface area contributed by atoms with Gasteiger partial charge in [0.25, 0.3) is 0 Å². The van der Waals surface area contributed by atoms with E-state index in [0.29, 0.717) is 19.8 Å². The number of benzene rings is 1. The number of hydrogen-bond donors (Lipinski definition) is 0. The molecule has 0 radical (unpaired) electrons. The summed E-state index contributed by atoms with van der Waals surface area (Å²) < 4.78 is 17.2. The molecule has 1 saturated heterocycles. The van der Waals surface area contributed by atoms with Gasteiger partial charge in [-0.2, -0.15) is 0 Å². The van der Waals surface area contributed by atoms with Gasteiger partial charge in [-0.25, -0.2) is 0 Å². The van der Waals surface area contributed by atoms with Crippen LogP contribution in [0.3, 0.4) is 0 Å². The first kappa shape index (κ1) is 10.9. The standard InChI is InChI=1S/C11H13BrO3/c1-8-3-2-4-9(11(8)12)15-7-10-13-5-6-14-10/h2-4,10H,5-7H2,1H3. The highest BCUT2D eigenvalue weighted by molar-refractivity contribution is 9.10. The summed E-state index contributed by atoms with van der Waals surface area (Å²) in [4.78, 5) is 0. The SMILES string of the molecule is Cc1cccc(OCC2OCCO2)c1Br. The number of halogens is 1. The molecule has 2 rings (SSSR count). The molecular weight excluding hydrogens is 260 g/mol. The summed E-state index contributed by atoms with van der Waals surface area (Å²) in [6.07, 6.45) is -0.225. The Bertz CT molecular complexity index is 335. The summed E-state index contributed by atoms with van der Waals surface area (Å²) in [5, 5.41) is 0. The topological polar surface area (TPSA) is 27.7 Å². The van der Waals surface area contributed by atoms with Gasteiger partial charge in [0.2, 0.25) is 0 Å². The molecule has 82 valence electrons. The van der Waals surface area contributed by atoms with Crippen LogP contribution >= 0.6 is 15.9 Å². The van der Waals surface area contributed by atoms with E-state index in [-0.39, 0.29) is 6.29 Å². The van der Waals surface area contributed by atoms with Gasteiger partial charge < -0.3 is 14.2 Å². The third kappa shape index (κ3) is 2.71. The van der Waals surface area contributed by atoms with Crippen LogP contribution in [0, 0.1) is 6.92 Å². The Morgan fingerprint density at radius 3 is 2.87 bits per heavy atom. The lowest BCUT2D eigenvalue weighted by molar-refractivity contribution is -0.0685. The lowest BCUT2D eigenvalue weighted by Crippen LogP contribution is -2.18. The van der Waals surface area contributed by atoms with E-state index in [1.165, 1.54) is 0 Å². The monoisotopic (exact) mass is 272 g/mol. The van der Waals surface area contributed by atoms with E-state index in [1.54, 1.807) is 0 Å². The Hall–Kier alpha value is -0.580. The summed E-state index contributed by atoms with van der Waals surface area (Å²) in [5.41, 5.74) is 1.15. The molecule has 0 aromatic heterocycles. The Balaban J connectivity index is 1.95. The summed E-state index contributed by atoms with van der Waals surface area (Å²) in [7, 11) is 0. The van der Waals surface area contributed by atoms with Crippen LogP contribution in [0.25, 0.3) is 0 Å². The van der Waals surface area contributed by atoms with E-state index in [2.05, 4.69) is 15.9 Å². The maximum absolute atomic E-state index is 5.60. The molecule has 1 fully saturated rings. The van der Waals surface area contributed by atoms with Crippen LogP contribution in [0.15, 0.2) is 22.7 Å². The van der Waals surface area contributed by atoms with Crippen molar-refractivity contribution in [1.29, 1.82) is 0 Å². The molecular formula is C11H13BrO3. The molecule has 0 N–H and O–H groups in total. The van der Waals surface area contributed by atoms with E-state index >= 15 is 0 Å². The van der Waals surface area contributed by atoms with Crippen LogP contribution in [-0.4, -0.2) is 26.1 Å². The Labute approximate surface area is 97.5 Å². The van der Waals surface area contributed by atoms with Gasteiger partial charge in [0.1, 0.15) is 12.4 Å². The van der Waals surface area contributed by atoms with Gasteiger partial charge in [0.15, 0.2) is 6.29 Å². The smallest absolute Gasteiger partial charge is 0.191 e. The maximum Gasteiger partial charge on any atom is 0.191 e. The summed E-state index contributed by atoms with van der Waals surface area (Å²) in [6.45, 7) is 3.77. The molecule has 1 aliphatic heterocycles. The molecule has 0 amide bonds. The maximum atomic E-state index is 5.60. The molecule has 1 heterocycles. The van der Waals surface area contributed by atoms with Gasteiger partial charge in [0, 0.05) is 0 Å². The van der Waals surface area contributed by atoms with Crippen LogP contribution in [0.5, 0.6) is 5.75 Å². The number of aryl methyl sites for hydroxylation is 1. The lowest BCUT2D eigenvalue weighted by Gasteiger charge is -2.12. The van der Waals surface area contributed by atoms with Crippen molar-refractivity contribution in [2.45, 2.75) is 13.2 Å². The van der Waals surface area contributed by atoms with Gasteiger partial charge in [-0.05, 0) is 34.5 Å². The minimum Gasteiger partial charge on any atom is -0.487 e. The largest absolute Gasteiger partial charge is 0.487 e. The van der Waals surface area contributed by atoms with Gasteiger partial charge in [-0.15, -0.1) is 0 Å². The molecule has 0 bridgehead atoms. The van der Waals surface area contributed by atoms with E-state index in [0.717, 1.165) is 15.8 Å². The molecule has 0 spiro atoms. The zero-order valence-corrected chi connectivity index (χ0v) is 10.1. The molecule has 15 heavy (non-hydrogen) atoms. The average Bonchev–Trinajstić information content (AvgIpc) is 2.73. The van der Waals surface area contributed by atoms with Gasteiger partial charge in [-0.3, -0.25) is 0 Å².